The van der Waals surface area contributed by atoms with Gasteiger partial charge in [0.1, 0.15) is 4.60 Å². The summed E-state index contributed by atoms with van der Waals surface area (Å²) in [7, 11) is 0. The van der Waals surface area contributed by atoms with E-state index in [1.165, 1.54) is 4.88 Å². The van der Waals surface area contributed by atoms with Crippen LogP contribution in [0.2, 0.25) is 0 Å². The van der Waals surface area contributed by atoms with Crippen molar-refractivity contribution in [2.24, 2.45) is 0 Å². The van der Waals surface area contributed by atoms with E-state index in [0.29, 0.717) is 6.54 Å². The van der Waals surface area contributed by atoms with Crippen LogP contribution in [0.1, 0.15) is 5.56 Å². The fourth-order valence-electron chi connectivity index (χ4n) is 1.79. The zero-order valence-electron chi connectivity index (χ0n) is 9.93. The van der Waals surface area contributed by atoms with E-state index in [4.69, 9.17) is 0 Å². The summed E-state index contributed by atoms with van der Waals surface area (Å²) in [6.07, 6.45) is 3.61. The van der Waals surface area contributed by atoms with E-state index in [-0.39, 0.29) is 0 Å². The SMILES string of the molecule is Brc1ncccc1NCc1cn[nH]c1-c1cccs1. The number of aromatic amines is 1. The Bertz CT molecular complexity index is 663. The molecule has 3 aromatic heterocycles. The minimum Gasteiger partial charge on any atom is -0.379 e. The van der Waals surface area contributed by atoms with Gasteiger partial charge in [0.15, 0.2) is 0 Å². The maximum Gasteiger partial charge on any atom is 0.129 e. The van der Waals surface area contributed by atoms with Crippen molar-refractivity contribution in [3.05, 3.63) is 52.2 Å². The van der Waals surface area contributed by atoms with E-state index in [1.807, 2.05) is 24.4 Å². The second-order valence-electron chi connectivity index (χ2n) is 3.94. The van der Waals surface area contributed by atoms with Crippen LogP contribution in [-0.2, 0) is 6.54 Å². The number of nitrogens with zero attached hydrogens (tertiary/aromatic N) is 2. The molecule has 0 aliphatic heterocycles. The molecule has 3 heterocycles. The highest BCUT2D eigenvalue weighted by Gasteiger charge is 2.09. The number of anilines is 1. The molecular weight excluding hydrogens is 324 g/mol. The normalized spacial score (nSPS) is 10.6. The second kappa shape index (κ2) is 5.54. The van der Waals surface area contributed by atoms with Gasteiger partial charge in [0.05, 0.1) is 22.5 Å². The van der Waals surface area contributed by atoms with E-state index in [0.717, 1.165) is 21.5 Å². The van der Waals surface area contributed by atoms with Crippen LogP contribution in [0.25, 0.3) is 10.6 Å². The highest BCUT2D eigenvalue weighted by molar-refractivity contribution is 9.10. The summed E-state index contributed by atoms with van der Waals surface area (Å²) in [5.74, 6) is 0. The molecule has 0 aliphatic rings. The Balaban J connectivity index is 1.78. The first-order valence-corrected chi connectivity index (χ1v) is 7.42. The summed E-state index contributed by atoms with van der Waals surface area (Å²) in [6.45, 7) is 0.702. The van der Waals surface area contributed by atoms with Crippen molar-refractivity contribution in [3.63, 3.8) is 0 Å². The monoisotopic (exact) mass is 334 g/mol. The van der Waals surface area contributed by atoms with Crippen molar-refractivity contribution in [3.8, 4) is 10.6 Å². The van der Waals surface area contributed by atoms with E-state index < -0.39 is 0 Å². The van der Waals surface area contributed by atoms with Gasteiger partial charge in [-0.3, -0.25) is 5.10 Å². The number of hydrogen-bond acceptors (Lipinski definition) is 4. The molecule has 0 saturated carbocycles. The van der Waals surface area contributed by atoms with Crippen LogP contribution in [-0.4, -0.2) is 15.2 Å². The van der Waals surface area contributed by atoms with Crippen LogP contribution in [0.15, 0.2) is 46.6 Å². The van der Waals surface area contributed by atoms with Crippen LogP contribution < -0.4 is 5.32 Å². The third kappa shape index (κ3) is 2.69. The van der Waals surface area contributed by atoms with Crippen LogP contribution in [0, 0.1) is 0 Å². The summed E-state index contributed by atoms with van der Waals surface area (Å²) in [5.41, 5.74) is 3.18. The average molecular weight is 335 g/mol. The lowest BCUT2D eigenvalue weighted by atomic mass is 10.2. The highest BCUT2D eigenvalue weighted by Crippen LogP contribution is 2.27. The summed E-state index contributed by atoms with van der Waals surface area (Å²) in [4.78, 5) is 5.38. The fourth-order valence-corrected chi connectivity index (χ4v) is 2.93. The highest BCUT2D eigenvalue weighted by atomic mass is 79.9. The Morgan fingerprint density at radius 3 is 3.05 bits per heavy atom. The number of H-pyrrole nitrogens is 1. The van der Waals surface area contributed by atoms with Gasteiger partial charge in [-0.2, -0.15) is 5.10 Å². The van der Waals surface area contributed by atoms with Gasteiger partial charge in [-0.25, -0.2) is 4.98 Å². The van der Waals surface area contributed by atoms with Gasteiger partial charge in [-0.15, -0.1) is 11.3 Å². The third-order valence-corrected chi connectivity index (χ3v) is 4.23. The number of hydrogen-bond donors (Lipinski definition) is 2. The zero-order valence-corrected chi connectivity index (χ0v) is 12.3. The molecule has 19 heavy (non-hydrogen) atoms. The molecule has 0 spiro atoms. The van der Waals surface area contributed by atoms with Crippen molar-refractivity contribution in [2.45, 2.75) is 6.54 Å². The Hall–Kier alpha value is -1.66. The first-order chi connectivity index (χ1) is 9.34. The molecule has 0 fully saturated rings. The van der Waals surface area contributed by atoms with Gasteiger partial charge in [0, 0.05) is 18.3 Å². The molecule has 0 radical (unpaired) electrons. The fraction of sp³-hybridized carbons (Fsp3) is 0.0769. The number of nitrogens with one attached hydrogen (secondary N) is 2. The topological polar surface area (TPSA) is 53.6 Å². The largest absolute Gasteiger partial charge is 0.379 e. The van der Waals surface area contributed by atoms with Crippen molar-refractivity contribution in [1.82, 2.24) is 15.2 Å². The van der Waals surface area contributed by atoms with Crippen LogP contribution in [0.3, 0.4) is 0 Å². The average Bonchev–Trinajstić information content (AvgIpc) is 3.08. The summed E-state index contributed by atoms with van der Waals surface area (Å²) < 4.78 is 0.816. The third-order valence-electron chi connectivity index (χ3n) is 2.71. The van der Waals surface area contributed by atoms with Gasteiger partial charge in [0.2, 0.25) is 0 Å². The Morgan fingerprint density at radius 1 is 1.32 bits per heavy atom. The summed E-state index contributed by atoms with van der Waals surface area (Å²) in [6, 6.07) is 8.02. The molecule has 0 aliphatic carbocycles. The van der Waals surface area contributed by atoms with Crippen LogP contribution in [0.5, 0.6) is 0 Å². The molecular formula is C13H11BrN4S. The minimum absolute atomic E-state index is 0.702. The molecule has 0 aromatic carbocycles. The quantitative estimate of drug-likeness (QED) is 0.711. The number of halogens is 1. The van der Waals surface area contributed by atoms with E-state index in [1.54, 1.807) is 17.5 Å². The Labute approximate surface area is 123 Å². The van der Waals surface area contributed by atoms with E-state index >= 15 is 0 Å². The summed E-state index contributed by atoms with van der Waals surface area (Å²) >= 11 is 5.12. The van der Waals surface area contributed by atoms with Gasteiger partial charge in [-0.1, -0.05) is 6.07 Å². The van der Waals surface area contributed by atoms with Crippen LogP contribution in [0.4, 0.5) is 5.69 Å². The lowest BCUT2D eigenvalue weighted by Gasteiger charge is -2.07. The number of aromatic nitrogens is 3. The molecule has 3 aromatic rings. The van der Waals surface area contributed by atoms with Gasteiger partial charge in [-0.05, 0) is 39.5 Å². The van der Waals surface area contributed by atoms with Gasteiger partial charge >= 0.3 is 0 Å². The number of pyridine rings is 1. The maximum absolute atomic E-state index is 4.18. The molecule has 96 valence electrons. The predicted molar refractivity (Wildman–Crippen MR) is 81.2 cm³/mol. The predicted octanol–water partition coefficient (Wildman–Crippen LogP) is 3.91. The van der Waals surface area contributed by atoms with Crippen LogP contribution >= 0.6 is 27.3 Å². The maximum atomic E-state index is 4.18. The molecule has 6 heteroatoms. The molecule has 0 saturated heterocycles. The lowest BCUT2D eigenvalue weighted by Crippen LogP contribution is -2.00. The van der Waals surface area contributed by atoms with E-state index in [2.05, 4.69) is 47.9 Å². The van der Waals surface area contributed by atoms with Gasteiger partial charge < -0.3 is 5.32 Å². The number of thiophene rings is 1. The zero-order chi connectivity index (χ0) is 13.1. The molecule has 0 atom stereocenters. The van der Waals surface area contributed by atoms with Crippen molar-refractivity contribution in [2.75, 3.05) is 5.32 Å². The van der Waals surface area contributed by atoms with Gasteiger partial charge in [0.25, 0.3) is 0 Å². The first kappa shape index (κ1) is 12.4. The smallest absolute Gasteiger partial charge is 0.129 e. The second-order valence-corrected chi connectivity index (χ2v) is 5.64. The molecule has 2 N–H and O–H groups in total. The molecule has 4 nitrogen and oxygen atoms in total. The van der Waals surface area contributed by atoms with Crippen molar-refractivity contribution >= 4 is 33.0 Å². The molecule has 3 rings (SSSR count). The number of rotatable bonds is 4. The first-order valence-electron chi connectivity index (χ1n) is 5.75. The summed E-state index contributed by atoms with van der Waals surface area (Å²) in [5, 5.41) is 12.6. The van der Waals surface area contributed by atoms with Crippen molar-refractivity contribution in [1.29, 1.82) is 0 Å². The lowest BCUT2D eigenvalue weighted by molar-refractivity contribution is 1.10. The Kier molecular flexibility index (Phi) is 3.61. The minimum atomic E-state index is 0.702. The Morgan fingerprint density at radius 2 is 2.26 bits per heavy atom. The molecule has 0 bridgehead atoms. The molecule has 0 amide bonds. The standard InChI is InChI=1S/C13H11BrN4S/c14-13-10(3-1-5-15-13)16-7-9-8-17-18-12(9)11-4-2-6-19-11/h1-6,8,16H,7H2,(H,17,18). The van der Waals surface area contributed by atoms with E-state index in [9.17, 15) is 0 Å². The van der Waals surface area contributed by atoms with Crippen molar-refractivity contribution < 1.29 is 0 Å². The molecule has 0 unspecified atom stereocenters.